The van der Waals surface area contributed by atoms with Crippen molar-refractivity contribution in [3.8, 4) is 28.6 Å². The lowest BCUT2D eigenvalue weighted by Gasteiger charge is -2.11. The Labute approximate surface area is 193 Å². The van der Waals surface area contributed by atoms with Crippen molar-refractivity contribution >= 4 is 11.2 Å². The van der Waals surface area contributed by atoms with Gasteiger partial charge in [0.15, 0.2) is 22.7 Å². The van der Waals surface area contributed by atoms with Crippen LogP contribution in [0.15, 0.2) is 52.1 Å². The maximum atomic E-state index is 14.2. The Kier molecular flexibility index (Phi) is 6.11. The zero-order chi connectivity index (χ0) is 25.5. The Bertz CT molecular complexity index is 1500. The van der Waals surface area contributed by atoms with E-state index in [1.54, 1.807) is 19.2 Å². The summed E-state index contributed by atoms with van der Waals surface area (Å²) in [5, 5.41) is 9.70. The molecule has 1 atom stereocenters. The number of halogens is 4. The molecule has 2 aromatic heterocycles. The highest BCUT2D eigenvalue weighted by molar-refractivity contribution is 5.76. The average Bonchev–Trinajstić information content (AvgIpc) is 3.10. The largest absolute Gasteiger partial charge is 0.573 e. The summed E-state index contributed by atoms with van der Waals surface area (Å²) in [6, 6.07) is 8.57. The number of fused-ring (bicyclic) bond motifs is 1. The number of benzene rings is 2. The zero-order valence-electron chi connectivity index (χ0n) is 18.3. The molecule has 0 amide bonds. The van der Waals surface area contributed by atoms with Crippen molar-refractivity contribution in [1.82, 2.24) is 19.1 Å². The number of hydrogen-bond acceptors (Lipinski definition) is 6. The van der Waals surface area contributed by atoms with Gasteiger partial charge < -0.3 is 19.1 Å². The summed E-state index contributed by atoms with van der Waals surface area (Å²) in [4.78, 5) is 31.2. The number of aryl methyl sites for hydroxylation is 1. The van der Waals surface area contributed by atoms with Gasteiger partial charge in [0.25, 0.3) is 5.56 Å². The highest BCUT2D eigenvalue weighted by Gasteiger charge is 2.31. The first-order valence-corrected chi connectivity index (χ1v) is 10.1. The number of alkyl halides is 3. The maximum Gasteiger partial charge on any atom is 0.573 e. The normalized spacial score (nSPS) is 12.7. The molecule has 0 aliphatic carbocycles. The van der Waals surface area contributed by atoms with E-state index in [9.17, 15) is 32.3 Å². The minimum absolute atomic E-state index is 0.0757. The molecule has 2 N–H and O–H groups in total. The first-order chi connectivity index (χ1) is 16.4. The Morgan fingerprint density at radius 1 is 1.11 bits per heavy atom. The molecule has 2 aromatic carbocycles. The van der Waals surface area contributed by atoms with Gasteiger partial charge in [0.2, 0.25) is 0 Å². The quantitative estimate of drug-likeness (QED) is 0.398. The topological polar surface area (TPSA) is 111 Å². The van der Waals surface area contributed by atoms with Crippen LogP contribution in [-0.4, -0.2) is 36.7 Å². The summed E-state index contributed by atoms with van der Waals surface area (Å²) in [5.74, 6) is -1.57. The Balaban J connectivity index is 1.64. The van der Waals surface area contributed by atoms with E-state index >= 15 is 0 Å². The molecular weight excluding hydrogens is 476 g/mol. The molecule has 0 aliphatic rings. The Hall–Kier alpha value is -4.13. The van der Waals surface area contributed by atoms with Crippen molar-refractivity contribution in [1.29, 1.82) is 0 Å². The molecule has 1 unspecified atom stereocenters. The SMILES string of the molecule is CC(O)Cn1c(=O)[nH]c(=O)c2c1nc(-c1ccc(Oc3ccc(OC(F)(F)F)cc3F)cc1)n2C. The minimum Gasteiger partial charge on any atom is -0.454 e. The maximum absolute atomic E-state index is 14.2. The number of ether oxygens (including phenoxy) is 2. The lowest BCUT2D eigenvalue weighted by atomic mass is 10.2. The third kappa shape index (κ3) is 5.04. The van der Waals surface area contributed by atoms with Crippen LogP contribution in [0, 0.1) is 5.82 Å². The Morgan fingerprint density at radius 3 is 2.37 bits per heavy atom. The highest BCUT2D eigenvalue weighted by Crippen LogP contribution is 2.31. The molecule has 0 bridgehead atoms. The fourth-order valence-corrected chi connectivity index (χ4v) is 3.50. The van der Waals surface area contributed by atoms with Crippen LogP contribution >= 0.6 is 0 Å². The second kappa shape index (κ2) is 8.91. The predicted molar refractivity (Wildman–Crippen MR) is 116 cm³/mol. The molecule has 0 aliphatic heterocycles. The van der Waals surface area contributed by atoms with E-state index in [-0.39, 0.29) is 29.2 Å². The fraction of sp³-hybridized carbons (Fsp3) is 0.227. The number of rotatable bonds is 6. The molecule has 35 heavy (non-hydrogen) atoms. The van der Waals surface area contributed by atoms with Crippen molar-refractivity contribution in [2.45, 2.75) is 25.9 Å². The van der Waals surface area contributed by atoms with Crippen LogP contribution in [-0.2, 0) is 13.6 Å². The average molecular weight is 494 g/mol. The lowest BCUT2D eigenvalue weighted by Crippen LogP contribution is -2.33. The zero-order valence-corrected chi connectivity index (χ0v) is 18.3. The lowest BCUT2D eigenvalue weighted by molar-refractivity contribution is -0.274. The number of hydrogen-bond donors (Lipinski definition) is 2. The van der Waals surface area contributed by atoms with Crippen LogP contribution in [0.3, 0.4) is 0 Å². The summed E-state index contributed by atoms with van der Waals surface area (Å²) >= 11 is 0. The smallest absolute Gasteiger partial charge is 0.454 e. The first-order valence-electron chi connectivity index (χ1n) is 10.1. The van der Waals surface area contributed by atoms with Gasteiger partial charge in [-0.2, -0.15) is 0 Å². The second-order valence-corrected chi connectivity index (χ2v) is 7.65. The number of aromatic nitrogens is 4. The first kappa shape index (κ1) is 24.0. The molecule has 0 saturated carbocycles. The molecule has 13 heteroatoms. The summed E-state index contributed by atoms with van der Waals surface area (Å²) in [6.45, 7) is 1.42. The van der Waals surface area contributed by atoms with Gasteiger partial charge in [0.1, 0.15) is 17.3 Å². The predicted octanol–water partition coefficient (Wildman–Crippen LogP) is 3.30. The molecule has 184 valence electrons. The van der Waals surface area contributed by atoms with Crippen molar-refractivity contribution in [2.75, 3.05) is 0 Å². The van der Waals surface area contributed by atoms with Crippen LogP contribution in [0.4, 0.5) is 17.6 Å². The number of aliphatic hydroxyl groups is 1. The highest BCUT2D eigenvalue weighted by atomic mass is 19.4. The van der Waals surface area contributed by atoms with Crippen molar-refractivity contribution in [3.63, 3.8) is 0 Å². The van der Waals surface area contributed by atoms with E-state index < -0.39 is 35.3 Å². The standard InChI is InChI=1S/C22H18F4N4O5/c1-11(31)10-30-19-17(20(32)28-21(30)33)29(2)18(27-19)12-3-5-13(6-4-12)34-16-8-7-14(9-15(16)23)35-22(24,25)26/h3-9,11,31H,10H2,1-2H3,(H,28,32,33). The van der Waals surface area contributed by atoms with E-state index in [0.29, 0.717) is 17.5 Å². The van der Waals surface area contributed by atoms with Gasteiger partial charge in [-0.1, -0.05) is 0 Å². The summed E-state index contributed by atoms with van der Waals surface area (Å²) in [7, 11) is 1.58. The monoisotopic (exact) mass is 494 g/mol. The minimum atomic E-state index is -4.95. The van der Waals surface area contributed by atoms with Gasteiger partial charge in [-0.05, 0) is 43.3 Å². The van der Waals surface area contributed by atoms with Crippen molar-refractivity contribution in [3.05, 3.63) is 69.1 Å². The molecule has 0 spiro atoms. The molecule has 4 aromatic rings. The molecule has 0 radical (unpaired) electrons. The van der Waals surface area contributed by atoms with Crippen molar-refractivity contribution < 1.29 is 32.1 Å². The fourth-order valence-electron chi connectivity index (χ4n) is 3.50. The van der Waals surface area contributed by atoms with E-state index in [2.05, 4.69) is 14.7 Å². The van der Waals surface area contributed by atoms with E-state index in [0.717, 1.165) is 16.7 Å². The molecule has 0 saturated heterocycles. The van der Waals surface area contributed by atoms with Gasteiger partial charge >= 0.3 is 12.1 Å². The number of imidazole rings is 1. The van der Waals surface area contributed by atoms with Gasteiger partial charge in [-0.25, -0.2) is 14.2 Å². The number of nitrogens with one attached hydrogen (secondary N) is 1. The summed E-state index contributed by atoms with van der Waals surface area (Å²) < 4.78 is 62.7. The van der Waals surface area contributed by atoms with Gasteiger partial charge in [0, 0.05) is 18.7 Å². The van der Waals surface area contributed by atoms with Crippen molar-refractivity contribution in [2.24, 2.45) is 7.05 Å². The van der Waals surface area contributed by atoms with E-state index in [1.807, 2.05) is 0 Å². The van der Waals surface area contributed by atoms with Crippen LogP contribution in [0.2, 0.25) is 0 Å². The molecular formula is C22H18F4N4O5. The molecule has 4 rings (SSSR count). The van der Waals surface area contributed by atoms with Crippen LogP contribution < -0.4 is 20.7 Å². The molecule has 0 fully saturated rings. The van der Waals surface area contributed by atoms with Crippen LogP contribution in [0.1, 0.15) is 6.92 Å². The Morgan fingerprint density at radius 2 is 1.77 bits per heavy atom. The van der Waals surface area contributed by atoms with E-state index in [4.69, 9.17) is 4.74 Å². The third-order valence-electron chi connectivity index (χ3n) is 4.94. The van der Waals surface area contributed by atoms with Crippen LogP contribution in [0.5, 0.6) is 17.2 Å². The molecule has 2 heterocycles. The van der Waals surface area contributed by atoms with E-state index in [1.165, 1.54) is 23.6 Å². The summed E-state index contributed by atoms with van der Waals surface area (Å²) in [6.07, 6.45) is -5.81. The molecule has 9 nitrogen and oxygen atoms in total. The number of nitrogens with zero attached hydrogens (tertiary/aromatic N) is 3. The van der Waals surface area contributed by atoms with Gasteiger partial charge in [-0.15, -0.1) is 13.2 Å². The van der Waals surface area contributed by atoms with Gasteiger partial charge in [0.05, 0.1) is 12.6 Å². The second-order valence-electron chi connectivity index (χ2n) is 7.65. The van der Waals surface area contributed by atoms with Gasteiger partial charge in [-0.3, -0.25) is 14.3 Å². The number of aromatic amines is 1. The third-order valence-corrected chi connectivity index (χ3v) is 4.94. The van der Waals surface area contributed by atoms with Crippen LogP contribution in [0.25, 0.3) is 22.6 Å². The number of aliphatic hydroxyl groups excluding tert-OH is 1. The number of H-pyrrole nitrogens is 1. The summed E-state index contributed by atoms with van der Waals surface area (Å²) in [5.41, 5.74) is -0.586.